The van der Waals surface area contributed by atoms with Gasteiger partial charge in [-0.25, -0.2) is 0 Å². The van der Waals surface area contributed by atoms with Gasteiger partial charge in [0.2, 0.25) is 5.91 Å². The molecule has 0 saturated carbocycles. The maximum absolute atomic E-state index is 12.8. The van der Waals surface area contributed by atoms with Crippen LogP contribution in [0.2, 0.25) is 0 Å². The summed E-state index contributed by atoms with van der Waals surface area (Å²) in [5.74, 6) is -0.246. The Morgan fingerprint density at radius 2 is 1.90 bits per heavy atom. The van der Waals surface area contributed by atoms with Crippen LogP contribution >= 0.6 is 11.8 Å². The Balaban J connectivity index is 2.10. The summed E-state index contributed by atoms with van der Waals surface area (Å²) in [6.07, 6.45) is 2.31. The average Bonchev–Trinajstić information content (AvgIpc) is 2.76. The lowest BCUT2D eigenvalue weighted by molar-refractivity contribution is -0.384. The monoisotopic (exact) mass is 426 g/mol. The van der Waals surface area contributed by atoms with E-state index in [-0.39, 0.29) is 23.2 Å². The van der Waals surface area contributed by atoms with Gasteiger partial charge in [0, 0.05) is 17.7 Å². The fraction of sp³-hybridized carbons (Fsp3) is 0.286. The van der Waals surface area contributed by atoms with Crippen molar-refractivity contribution in [2.75, 3.05) is 12.0 Å². The molecule has 0 fully saturated rings. The van der Waals surface area contributed by atoms with Gasteiger partial charge < -0.3 is 10.6 Å². The molecule has 0 aliphatic rings. The molecule has 0 aliphatic heterocycles. The van der Waals surface area contributed by atoms with Gasteiger partial charge in [-0.2, -0.15) is 17.0 Å². The lowest BCUT2D eigenvalue weighted by atomic mass is 10.1. The largest absolute Gasteiger partial charge is 0.348 e. The summed E-state index contributed by atoms with van der Waals surface area (Å²) in [5.41, 5.74) is 1.28. The quantitative estimate of drug-likeness (QED) is 0.468. The number of benzene rings is 2. The number of nitrogens with one attached hydrogen (secondary N) is 2. The maximum Gasteiger partial charge on any atom is 0.270 e. The third-order valence-corrected chi connectivity index (χ3v) is 5.09. The number of hydrogen-bond acceptors (Lipinski definition) is 6. The summed E-state index contributed by atoms with van der Waals surface area (Å²) in [5, 5.41) is 25.4. The lowest BCUT2D eigenvalue weighted by Gasteiger charge is -2.21. The first-order valence-corrected chi connectivity index (χ1v) is 10.6. The Kier molecular flexibility index (Phi) is 8.38. The van der Waals surface area contributed by atoms with E-state index in [2.05, 4.69) is 10.6 Å². The van der Waals surface area contributed by atoms with E-state index >= 15 is 0 Å². The molecule has 2 rings (SSSR count). The number of nitro groups is 1. The minimum Gasteiger partial charge on any atom is -0.348 e. The molecule has 0 aromatic heterocycles. The first-order valence-electron chi connectivity index (χ1n) is 9.20. The number of rotatable bonds is 9. The molecule has 0 heterocycles. The molecule has 8 nitrogen and oxygen atoms in total. The highest BCUT2D eigenvalue weighted by atomic mass is 32.2. The highest BCUT2D eigenvalue weighted by Crippen LogP contribution is 2.15. The molecule has 30 heavy (non-hydrogen) atoms. The number of carbonyl (C=O) groups is 2. The second-order valence-corrected chi connectivity index (χ2v) is 7.56. The first-order chi connectivity index (χ1) is 14.3. The molecular weight excluding hydrogens is 404 g/mol. The fourth-order valence-corrected chi connectivity index (χ4v) is 3.22. The third kappa shape index (κ3) is 6.32. The van der Waals surface area contributed by atoms with E-state index in [1.807, 2.05) is 19.2 Å². The topological polar surface area (TPSA) is 125 Å². The molecule has 0 bridgehead atoms. The van der Waals surface area contributed by atoms with Gasteiger partial charge in [-0.1, -0.05) is 18.2 Å². The van der Waals surface area contributed by atoms with Crippen LogP contribution in [0.15, 0.2) is 48.5 Å². The second-order valence-electron chi connectivity index (χ2n) is 6.58. The fourth-order valence-electron chi connectivity index (χ4n) is 2.75. The molecule has 0 aliphatic carbocycles. The summed E-state index contributed by atoms with van der Waals surface area (Å²) in [7, 11) is 0. The number of amides is 2. The van der Waals surface area contributed by atoms with Gasteiger partial charge in [0.15, 0.2) is 0 Å². The smallest absolute Gasteiger partial charge is 0.270 e. The van der Waals surface area contributed by atoms with Crippen molar-refractivity contribution >= 4 is 29.3 Å². The van der Waals surface area contributed by atoms with Crippen LogP contribution in [-0.2, 0) is 4.79 Å². The van der Waals surface area contributed by atoms with Gasteiger partial charge in [-0.15, -0.1) is 0 Å². The Morgan fingerprint density at radius 1 is 1.20 bits per heavy atom. The van der Waals surface area contributed by atoms with Crippen molar-refractivity contribution in [3.63, 3.8) is 0 Å². The Morgan fingerprint density at radius 3 is 2.50 bits per heavy atom. The molecule has 2 N–H and O–H groups in total. The Bertz CT molecular complexity index is 956. The van der Waals surface area contributed by atoms with Crippen LogP contribution in [0.1, 0.15) is 40.9 Å². The standard InChI is InChI=1S/C21H22N4O4S/c1-14(16-8-6-15(13-22)7-9-16)23-21(27)19(10-11-30-2)24-20(26)17-4-3-5-18(12-17)25(28)29/h3-9,12,14,19H,10-11H2,1-2H3,(H,23,27)(H,24,26). The highest BCUT2D eigenvalue weighted by molar-refractivity contribution is 7.98. The molecule has 0 spiro atoms. The SMILES string of the molecule is CSCCC(NC(=O)c1cccc([N+](=O)[O-])c1)C(=O)NC(C)c1ccc(C#N)cc1. The molecular formula is C21H22N4O4S. The van der Waals surface area contributed by atoms with Crippen LogP contribution in [0.5, 0.6) is 0 Å². The maximum atomic E-state index is 12.8. The van der Waals surface area contributed by atoms with Crippen LogP contribution in [0, 0.1) is 21.4 Å². The number of nitriles is 1. The molecule has 0 saturated heterocycles. The van der Waals surface area contributed by atoms with Gasteiger partial charge in [0.25, 0.3) is 11.6 Å². The van der Waals surface area contributed by atoms with Gasteiger partial charge >= 0.3 is 0 Å². The molecule has 156 valence electrons. The molecule has 0 radical (unpaired) electrons. The van der Waals surface area contributed by atoms with E-state index in [0.717, 1.165) is 5.56 Å². The van der Waals surface area contributed by atoms with Crippen LogP contribution in [0.25, 0.3) is 0 Å². The summed E-state index contributed by atoms with van der Waals surface area (Å²) in [6.45, 7) is 1.81. The molecule has 2 aromatic carbocycles. The van der Waals surface area contributed by atoms with E-state index in [1.54, 1.807) is 36.0 Å². The lowest BCUT2D eigenvalue weighted by Crippen LogP contribution is -2.47. The zero-order valence-corrected chi connectivity index (χ0v) is 17.4. The zero-order chi connectivity index (χ0) is 22.1. The van der Waals surface area contributed by atoms with Gasteiger partial charge in [-0.05, 0) is 49.1 Å². The molecule has 2 unspecified atom stereocenters. The van der Waals surface area contributed by atoms with Gasteiger partial charge in [0.05, 0.1) is 22.6 Å². The summed E-state index contributed by atoms with van der Waals surface area (Å²) >= 11 is 1.54. The minimum atomic E-state index is -0.787. The normalized spacial score (nSPS) is 12.3. The number of non-ortho nitro benzene ring substituents is 1. The van der Waals surface area contributed by atoms with Crippen LogP contribution in [-0.4, -0.2) is 34.8 Å². The van der Waals surface area contributed by atoms with Crippen molar-refractivity contribution in [2.45, 2.75) is 25.4 Å². The third-order valence-electron chi connectivity index (χ3n) is 4.45. The van der Waals surface area contributed by atoms with Crippen molar-refractivity contribution in [3.05, 3.63) is 75.3 Å². The number of thioether (sulfide) groups is 1. The molecule has 2 aromatic rings. The van der Waals surface area contributed by atoms with Crippen molar-refractivity contribution in [1.29, 1.82) is 5.26 Å². The average molecular weight is 426 g/mol. The van der Waals surface area contributed by atoms with Crippen LogP contribution < -0.4 is 10.6 Å². The highest BCUT2D eigenvalue weighted by Gasteiger charge is 2.23. The molecule has 9 heteroatoms. The molecule has 2 atom stereocenters. The minimum absolute atomic E-state index is 0.117. The van der Waals surface area contributed by atoms with Crippen molar-refractivity contribution < 1.29 is 14.5 Å². The number of nitrogens with zero attached hydrogens (tertiary/aromatic N) is 2. The van der Waals surface area contributed by atoms with Crippen molar-refractivity contribution in [3.8, 4) is 6.07 Å². The summed E-state index contributed by atoms with van der Waals surface area (Å²) in [6, 6.07) is 13.2. The Labute approximate surface area is 178 Å². The number of nitro benzene ring substituents is 1. The first kappa shape index (κ1) is 22.9. The predicted molar refractivity (Wildman–Crippen MR) is 115 cm³/mol. The second kappa shape index (κ2) is 11.0. The van der Waals surface area contributed by atoms with E-state index in [1.165, 1.54) is 24.3 Å². The van der Waals surface area contributed by atoms with Crippen LogP contribution in [0.4, 0.5) is 5.69 Å². The number of hydrogen-bond donors (Lipinski definition) is 2. The van der Waals surface area contributed by atoms with E-state index < -0.39 is 16.9 Å². The van der Waals surface area contributed by atoms with E-state index in [0.29, 0.717) is 17.7 Å². The Hall–Kier alpha value is -3.38. The zero-order valence-electron chi connectivity index (χ0n) is 16.6. The van der Waals surface area contributed by atoms with Gasteiger partial charge in [-0.3, -0.25) is 19.7 Å². The summed E-state index contributed by atoms with van der Waals surface area (Å²) in [4.78, 5) is 35.7. The van der Waals surface area contributed by atoms with Crippen molar-refractivity contribution in [1.82, 2.24) is 10.6 Å². The predicted octanol–water partition coefficient (Wildman–Crippen LogP) is 3.20. The van der Waals surface area contributed by atoms with Crippen molar-refractivity contribution in [2.24, 2.45) is 0 Å². The van der Waals surface area contributed by atoms with E-state index in [9.17, 15) is 19.7 Å². The summed E-state index contributed by atoms with van der Waals surface area (Å²) < 4.78 is 0. The number of carbonyl (C=O) groups excluding carboxylic acids is 2. The van der Waals surface area contributed by atoms with Crippen LogP contribution in [0.3, 0.4) is 0 Å². The molecule has 2 amide bonds. The van der Waals surface area contributed by atoms with E-state index in [4.69, 9.17) is 5.26 Å². The van der Waals surface area contributed by atoms with Gasteiger partial charge in [0.1, 0.15) is 6.04 Å².